The molecule has 0 saturated carbocycles. The third kappa shape index (κ3) is 5.51. The van der Waals surface area contributed by atoms with E-state index in [0.717, 1.165) is 45.0 Å². The van der Waals surface area contributed by atoms with E-state index in [4.69, 9.17) is 4.74 Å². The smallest absolute Gasteiger partial charge is 0.248 e. The SMILES string of the molecule is O=C(/C=C\c1ccc(F)cc1)Nc1cnn(CCN2CCOCC2)c1. The summed E-state index contributed by atoms with van der Waals surface area (Å²) in [6.45, 7) is 5.11. The number of benzene rings is 1. The number of hydrogen-bond donors (Lipinski definition) is 1. The van der Waals surface area contributed by atoms with Crippen LogP contribution in [-0.2, 0) is 16.1 Å². The molecule has 1 amide bonds. The van der Waals surface area contributed by atoms with Gasteiger partial charge in [0.05, 0.1) is 31.6 Å². The highest BCUT2D eigenvalue weighted by Gasteiger charge is 2.10. The Morgan fingerprint density at radius 2 is 2.00 bits per heavy atom. The molecule has 3 rings (SSSR count). The summed E-state index contributed by atoms with van der Waals surface area (Å²) in [4.78, 5) is 14.3. The molecule has 0 aliphatic carbocycles. The van der Waals surface area contributed by atoms with Crippen LogP contribution in [0.2, 0.25) is 0 Å². The Morgan fingerprint density at radius 1 is 1.24 bits per heavy atom. The van der Waals surface area contributed by atoms with Crippen LogP contribution in [0.15, 0.2) is 42.7 Å². The summed E-state index contributed by atoms with van der Waals surface area (Å²) in [6, 6.07) is 5.94. The van der Waals surface area contributed by atoms with Gasteiger partial charge >= 0.3 is 0 Å². The second-order valence-electron chi connectivity index (χ2n) is 5.82. The molecule has 0 bridgehead atoms. The minimum atomic E-state index is -0.300. The van der Waals surface area contributed by atoms with Crippen LogP contribution in [0, 0.1) is 5.82 Å². The van der Waals surface area contributed by atoms with E-state index < -0.39 is 0 Å². The number of anilines is 1. The average Bonchev–Trinajstić information content (AvgIpc) is 3.08. The Kier molecular flexibility index (Phi) is 5.92. The number of morpholine rings is 1. The second-order valence-corrected chi connectivity index (χ2v) is 5.82. The molecule has 2 heterocycles. The number of aromatic nitrogens is 2. The van der Waals surface area contributed by atoms with E-state index in [-0.39, 0.29) is 11.7 Å². The molecule has 1 N–H and O–H groups in total. The fourth-order valence-electron chi connectivity index (χ4n) is 2.55. The Hall–Kier alpha value is -2.51. The summed E-state index contributed by atoms with van der Waals surface area (Å²) < 4.78 is 20.0. The zero-order chi connectivity index (χ0) is 17.5. The van der Waals surface area contributed by atoms with Crippen molar-refractivity contribution in [3.63, 3.8) is 0 Å². The minimum absolute atomic E-state index is 0.253. The monoisotopic (exact) mass is 344 g/mol. The van der Waals surface area contributed by atoms with Crippen molar-refractivity contribution in [2.75, 3.05) is 38.2 Å². The van der Waals surface area contributed by atoms with Gasteiger partial charge in [0.1, 0.15) is 5.82 Å². The van der Waals surface area contributed by atoms with Gasteiger partial charge in [0.15, 0.2) is 0 Å². The van der Waals surface area contributed by atoms with E-state index in [1.807, 2.05) is 10.9 Å². The van der Waals surface area contributed by atoms with Crippen molar-refractivity contribution in [2.45, 2.75) is 6.54 Å². The van der Waals surface area contributed by atoms with Crippen molar-refractivity contribution in [3.05, 3.63) is 54.1 Å². The van der Waals surface area contributed by atoms with Gasteiger partial charge in [0, 0.05) is 31.9 Å². The first-order valence-corrected chi connectivity index (χ1v) is 8.26. The lowest BCUT2D eigenvalue weighted by Gasteiger charge is -2.26. The molecule has 0 unspecified atom stereocenters. The van der Waals surface area contributed by atoms with Gasteiger partial charge in [-0.15, -0.1) is 0 Å². The maximum atomic E-state index is 12.8. The Bertz CT molecular complexity index is 721. The van der Waals surface area contributed by atoms with Crippen molar-refractivity contribution in [1.82, 2.24) is 14.7 Å². The lowest BCUT2D eigenvalue weighted by Crippen LogP contribution is -2.38. The lowest BCUT2D eigenvalue weighted by atomic mass is 10.2. The summed E-state index contributed by atoms with van der Waals surface area (Å²) in [7, 11) is 0. The number of nitrogens with zero attached hydrogens (tertiary/aromatic N) is 3. The maximum absolute atomic E-state index is 12.8. The van der Waals surface area contributed by atoms with E-state index in [2.05, 4.69) is 15.3 Å². The van der Waals surface area contributed by atoms with Gasteiger partial charge in [-0.3, -0.25) is 14.4 Å². The molecule has 25 heavy (non-hydrogen) atoms. The predicted octanol–water partition coefficient (Wildman–Crippen LogP) is 2.01. The van der Waals surface area contributed by atoms with Crippen molar-refractivity contribution in [3.8, 4) is 0 Å². The molecule has 6 nitrogen and oxygen atoms in total. The van der Waals surface area contributed by atoms with Crippen LogP contribution in [0.5, 0.6) is 0 Å². The van der Waals surface area contributed by atoms with E-state index in [1.165, 1.54) is 18.2 Å². The van der Waals surface area contributed by atoms with Gasteiger partial charge in [-0.2, -0.15) is 5.10 Å². The number of rotatable bonds is 6. The summed E-state index contributed by atoms with van der Waals surface area (Å²) >= 11 is 0. The van der Waals surface area contributed by atoms with Crippen molar-refractivity contribution in [1.29, 1.82) is 0 Å². The third-order valence-corrected chi connectivity index (χ3v) is 3.95. The molecule has 2 aromatic rings. The number of ether oxygens (including phenoxy) is 1. The quantitative estimate of drug-likeness (QED) is 0.815. The molecular formula is C18H21FN4O2. The average molecular weight is 344 g/mol. The van der Waals surface area contributed by atoms with Crippen LogP contribution in [0.25, 0.3) is 6.08 Å². The normalized spacial score (nSPS) is 15.6. The molecule has 1 fully saturated rings. The van der Waals surface area contributed by atoms with Gasteiger partial charge < -0.3 is 10.1 Å². The van der Waals surface area contributed by atoms with Crippen LogP contribution in [-0.4, -0.2) is 53.4 Å². The largest absolute Gasteiger partial charge is 0.379 e. The number of halogens is 1. The number of amides is 1. The minimum Gasteiger partial charge on any atom is -0.379 e. The summed E-state index contributed by atoms with van der Waals surface area (Å²) in [5.41, 5.74) is 1.41. The molecule has 0 spiro atoms. The maximum Gasteiger partial charge on any atom is 0.248 e. The van der Waals surface area contributed by atoms with Crippen molar-refractivity contribution < 1.29 is 13.9 Å². The van der Waals surface area contributed by atoms with Crippen LogP contribution in [0.4, 0.5) is 10.1 Å². The summed E-state index contributed by atoms with van der Waals surface area (Å²) in [5.74, 6) is -0.553. The van der Waals surface area contributed by atoms with Crippen LogP contribution in [0.3, 0.4) is 0 Å². The van der Waals surface area contributed by atoms with Crippen LogP contribution >= 0.6 is 0 Å². The number of hydrogen-bond acceptors (Lipinski definition) is 4. The lowest BCUT2D eigenvalue weighted by molar-refractivity contribution is -0.111. The van der Waals surface area contributed by atoms with Gasteiger partial charge in [0.2, 0.25) is 5.91 Å². The van der Waals surface area contributed by atoms with Gasteiger partial charge in [-0.25, -0.2) is 4.39 Å². The topological polar surface area (TPSA) is 59.4 Å². The Labute approximate surface area is 145 Å². The van der Waals surface area contributed by atoms with Crippen molar-refractivity contribution in [2.24, 2.45) is 0 Å². The molecule has 1 aromatic carbocycles. The second kappa shape index (κ2) is 8.55. The molecule has 1 aliphatic heterocycles. The highest BCUT2D eigenvalue weighted by atomic mass is 19.1. The van der Waals surface area contributed by atoms with Crippen LogP contribution in [0.1, 0.15) is 5.56 Å². The molecule has 1 aromatic heterocycles. The highest BCUT2D eigenvalue weighted by molar-refractivity contribution is 6.01. The van der Waals surface area contributed by atoms with E-state index >= 15 is 0 Å². The van der Waals surface area contributed by atoms with Gasteiger partial charge in [-0.1, -0.05) is 12.1 Å². The van der Waals surface area contributed by atoms with Crippen LogP contribution < -0.4 is 5.32 Å². The Balaban J connectivity index is 1.46. The zero-order valence-corrected chi connectivity index (χ0v) is 13.9. The summed E-state index contributed by atoms with van der Waals surface area (Å²) in [6.07, 6.45) is 6.49. The molecule has 132 valence electrons. The molecule has 0 radical (unpaired) electrons. The van der Waals surface area contributed by atoms with E-state index in [9.17, 15) is 9.18 Å². The first-order valence-electron chi connectivity index (χ1n) is 8.26. The zero-order valence-electron chi connectivity index (χ0n) is 13.9. The molecule has 7 heteroatoms. The van der Waals surface area contributed by atoms with Gasteiger partial charge in [-0.05, 0) is 23.8 Å². The fourth-order valence-corrected chi connectivity index (χ4v) is 2.55. The molecule has 1 aliphatic rings. The third-order valence-electron chi connectivity index (χ3n) is 3.95. The molecule has 1 saturated heterocycles. The fraction of sp³-hybridized carbons (Fsp3) is 0.333. The van der Waals surface area contributed by atoms with E-state index in [0.29, 0.717) is 5.69 Å². The number of carbonyl (C=O) groups is 1. The number of nitrogens with one attached hydrogen (secondary N) is 1. The van der Waals surface area contributed by atoms with E-state index in [1.54, 1.807) is 24.4 Å². The Morgan fingerprint density at radius 3 is 2.76 bits per heavy atom. The molecule has 0 atom stereocenters. The standard InChI is InChI=1S/C18H21FN4O2/c19-16-4-1-15(2-5-16)3-6-18(24)21-17-13-20-23(14-17)8-7-22-9-11-25-12-10-22/h1-6,13-14H,7-12H2,(H,21,24)/b6-3-. The molecular weight excluding hydrogens is 323 g/mol. The highest BCUT2D eigenvalue weighted by Crippen LogP contribution is 2.08. The summed E-state index contributed by atoms with van der Waals surface area (Å²) in [5, 5.41) is 7.03. The first kappa shape index (κ1) is 17.3. The predicted molar refractivity (Wildman–Crippen MR) is 93.5 cm³/mol. The van der Waals surface area contributed by atoms with Gasteiger partial charge in [0.25, 0.3) is 0 Å². The first-order chi connectivity index (χ1) is 12.2. The van der Waals surface area contributed by atoms with Crippen molar-refractivity contribution >= 4 is 17.7 Å². The number of carbonyl (C=O) groups excluding carboxylic acids is 1.